The van der Waals surface area contributed by atoms with Gasteiger partial charge in [-0.2, -0.15) is 0 Å². The van der Waals surface area contributed by atoms with Gasteiger partial charge in [0.25, 0.3) is 5.56 Å². The molecule has 1 aromatic heterocycles. The second-order valence-corrected chi connectivity index (χ2v) is 16.5. The fourth-order valence-electron chi connectivity index (χ4n) is 6.75. The molecule has 2 aliphatic heterocycles. The number of fused-ring (bicyclic) bond motifs is 2. The highest BCUT2D eigenvalue weighted by Gasteiger charge is 2.41. The van der Waals surface area contributed by atoms with Crippen LogP contribution in [0, 0.1) is 0 Å². The number of H-pyrrole nitrogens is 1. The summed E-state index contributed by atoms with van der Waals surface area (Å²) in [6, 6.07) is 15.3. The average Bonchev–Trinajstić information content (AvgIpc) is 3.61. The van der Waals surface area contributed by atoms with Crippen LogP contribution >= 0.6 is 7.60 Å². The van der Waals surface area contributed by atoms with E-state index < -0.39 is 43.2 Å². The number of unbranched alkanes of at least 4 members (excludes halogenated alkanes) is 3. The van der Waals surface area contributed by atoms with E-state index in [1.165, 1.54) is 69.6 Å². The van der Waals surface area contributed by atoms with E-state index in [-0.39, 0.29) is 53.3 Å². The van der Waals surface area contributed by atoms with Crippen molar-refractivity contribution < 1.29 is 52.5 Å². The van der Waals surface area contributed by atoms with Gasteiger partial charge in [-0.1, -0.05) is 50.1 Å². The number of methoxy groups -OCH3 is 1. The number of hydrogen-bond donors (Lipinski definition) is 5. The van der Waals surface area contributed by atoms with Gasteiger partial charge in [0.05, 0.1) is 23.8 Å². The van der Waals surface area contributed by atoms with Crippen molar-refractivity contribution in [3.8, 4) is 28.2 Å². The molecule has 0 bridgehead atoms. The summed E-state index contributed by atoms with van der Waals surface area (Å²) in [6.07, 6.45) is 4.87. The Kier molecular flexibility index (Phi) is 16.3. The Balaban J connectivity index is 0.000000250. The lowest BCUT2D eigenvalue weighted by molar-refractivity contribution is -0.268. The Morgan fingerprint density at radius 2 is 1.73 bits per heavy atom. The number of aromatic carboxylic acids is 1. The minimum Gasteiger partial charge on any atom is -0.872 e. The Morgan fingerprint density at radius 3 is 2.42 bits per heavy atom. The quantitative estimate of drug-likeness (QED) is 0.0379. The van der Waals surface area contributed by atoms with Crippen LogP contribution in [0.2, 0.25) is 0 Å². The van der Waals surface area contributed by atoms with Gasteiger partial charge >= 0.3 is 19.3 Å². The third-order valence-electron chi connectivity index (χ3n) is 9.80. The second kappa shape index (κ2) is 21.6. The number of nitrogens with zero attached hydrogens (tertiary/aromatic N) is 1. The first-order valence-electron chi connectivity index (χ1n) is 19.8. The fourth-order valence-corrected chi connectivity index (χ4v) is 7.54. The summed E-state index contributed by atoms with van der Waals surface area (Å²) < 4.78 is 35.3. The monoisotopic (exact) mass is 875 g/mol. The minimum atomic E-state index is -3.83. The topological polar surface area (TPSA) is 269 Å². The van der Waals surface area contributed by atoms with Gasteiger partial charge in [-0.15, -0.1) is 5.75 Å². The van der Waals surface area contributed by atoms with Gasteiger partial charge in [0.2, 0.25) is 11.8 Å². The highest BCUT2D eigenvalue weighted by molar-refractivity contribution is 7.52. The van der Waals surface area contributed by atoms with E-state index in [0.717, 1.165) is 30.3 Å². The SMILES string of the molecule is CCP(=O)(O)O[C@@H]1C[C@H](n2cc(/C=C/C(=O)NCCCCCCNC(C)=O)c(=O)[nH]c2=O)O[C@@H]1COC.O=C(O)c1ccccc1-c1c2ccc(=O)cc-2oc2cc([O-])ccc12. The van der Waals surface area contributed by atoms with E-state index in [2.05, 4.69) is 15.6 Å². The van der Waals surface area contributed by atoms with Crippen molar-refractivity contribution in [3.63, 3.8) is 0 Å². The first kappa shape index (κ1) is 46.9. The largest absolute Gasteiger partial charge is 0.872 e. The summed E-state index contributed by atoms with van der Waals surface area (Å²) in [5, 5.41) is 27.3. The van der Waals surface area contributed by atoms with Crippen molar-refractivity contribution in [1.82, 2.24) is 20.2 Å². The number of benzene rings is 3. The summed E-state index contributed by atoms with van der Waals surface area (Å²) >= 11 is 0. The van der Waals surface area contributed by atoms with Crippen LogP contribution in [-0.4, -0.2) is 82.5 Å². The minimum absolute atomic E-state index is 0.0530. The number of carbonyl (C=O) groups excluding carboxylic acids is 2. The van der Waals surface area contributed by atoms with Crippen molar-refractivity contribution in [2.45, 2.75) is 64.4 Å². The highest BCUT2D eigenvalue weighted by Crippen LogP contribution is 2.47. The summed E-state index contributed by atoms with van der Waals surface area (Å²) in [4.78, 5) is 83.1. The maximum absolute atomic E-state index is 12.5. The van der Waals surface area contributed by atoms with E-state index >= 15 is 0 Å². The van der Waals surface area contributed by atoms with Crippen LogP contribution in [-0.2, 0) is 28.2 Å². The first-order chi connectivity index (χ1) is 29.6. The van der Waals surface area contributed by atoms with E-state index in [1.807, 2.05) is 0 Å². The standard InChI is InChI=1S/C23H37N4O9P.C20H12O5/c1-4-37(32,33)36-18-13-21(35-19(18)15-34-3)27-14-17(22(30)26-23(27)31)9-10-20(29)25-12-8-6-5-7-11-24-16(2)28;21-11-5-7-15-17(9-11)25-18-10-12(22)6-8-16(18)19(15)13-3-1-2-4-14(13)20(23)24/h9-10,14,18-19,21H,4-8,11-13,15H2,1-3H3,(H,24,28)(H,25,29)(H,32,33)(H,26,30,31);1-10,21H,(H,23,24)/p-1/b10-9+;/t18-,19-,21-;/m1./s1. The fraction of sp³-hybridized carbons (Fsp3) is 0.349. The molecule has 3 aliphatic rings. The van der Waals surface area contributed by atoms with Crippen molar-refractivity contribution >= 4 is 42.4 Å². The van der Waals surface area contributed by atoms with Crippen LogP contribution in [0.4, 0.5) is 0 Å². The number of carbonyl (C=O) groups is 3. The van der Waals surface area contributed by atoms with Crippen molar-refractivity contribution in [1.29, 1.82) is 0 Å². The maximum Gasteiger partial charge on any atom is 0.336 e. The van der Waals surface area contributed by atoms with Crippen molar-refractivity contribution in [2.75, 3.05) is 33.0 Å². The zero-order chi connectivity index (χ0) is 45.0. The molecule has 1 unspecified atom stereocenters. The molecule has 4 atom stereocenters. The summed E-state index contributed by atoms with van der Waals surface area (Å²) in [7, 11) is -2.38. The zero-order valence-corrected chi connectivity index (χ0v) is 35.2. The number of aromatic amines is 1. The number of amides is 2. The average molecular weight is 876 g/mol. The van der Waals surface area contributed by atoms with Gasteiger partial charge in [-0.25, -0.2) is 9.59 Å². The molecule has 0 saturated carbocycles. The Morgan fingerprint density at radius 1 is 1.00 bits per heavy atom. The molecule has 62 heavy (non-hydrogen) atoms. The van der Waals surface area contributed by atoms with Crippen molar-refractivity contribution in [2.24, 2.45) is 0 Å². The number of nitrogens with one attached hydrogen (secondary N) is 3. The maximum atomic E-state index is 12.5. The molecular formula is C43H48N4O14P-. The van der Waals surface area contributed by atoms with Gasteiger partial charge in [-0.3, -0.25) is 33.3 Å². The predicted molar refractivity (Wildman–Crippen MR) is 227 cm³/mol. The molecule has 18 nitrogen and oxygen atoms in total. The Hall–Kier alpha value is -6.17. The van der Waals surface area contributed by atoms with Crippen LogP contribution in [0.25, 0.3) is 39.5 Å². The van der Waals surface area contributed by atoms with Gasteiger partial charge < -0.3 is 44.2 Å². The third kappa shape index (κ3) is 12.5. The summed E-state index contributed by atoms with van der Waals surface area (Å²) in [6.45, 7) is 4.17. The van der Waals surface area contributed by atoms with Crippen molar-refractivity contribution in [3.05, 3.63) is 115 Å². The lowest BCUT2D eigenvalue weighted by Gasteiger charge is -2.20. The second-order valence-electron chi connectivity index (χ2n) is 14.3. The van der Waals surface area contributed by atoms with Crippen LogP contribution in [0.5, 0.6) is 5.75 Å². The Bertz CT molecular complexity index is 2620. The van der Waals surface area contributed by atoms with E-state index in [9.17, 15) is 48.4 Å². The molecule has 1 aliphatic carbocycles. The molecule has 330 valence electrons. The number of aromatic nitrogens is 2. The number of carboxylic acid groups (broad SMARTS) is 1. The van der Waals surface area contributed by atoms with Crippen LogP contribution < -0.4 is 32.4 Å². The molecule has 5 N–H and O–H groups in total. The predicted octanol–water partition coefficient (Wildman–Crippen LogP) is 4.22. The smallest absolute Gasteiger partial charge is 0.336 e. The molecule has 0 radical (unpaired) electrons. The molecule has 0 spiro atoms. The van der Waals surface area contributed by atoms with Crippen LogP contribution in [0.15, 0.2) is 91.7 Å². The number of carboxylic acids is 1. The molecule has 6 rings (SSSR count). The molecule has 3 aromatic rings. The van der Waals surface area contributed by atoms with Crippen LogP contribution in [0.3, 0.4) is 0 Å². The molecule has 19 heteroatoms. The molecule has 2 amide bonds. The van der Waals surface area contributed by atoms with E-state index in [0.29, 0.717) is 46.5 Å². The summed E-state index contributed by atoms with van der Waals surface area (Å²) in [5.41, 5.74) is 0.599. The van der Waals surface area contributed by atoms with E-state index in [1.54, 1.807) is 30.3 Å². The molecule has 1 fully saturated rings. The third-order valence-corrected chi connectivity index (χ3v) is 11.2. The molecule has 3 heterocycles. The van der Waals surface area contributed by atoms with Crippen LogP contribution in [0.1, 0.15) is 68.1 Å². The van der Waals surface area contributed by atoms with Gasteiger partial charge in [0, 0.05) is 74.6 Å². The normalized spacial score (nSPS) is 17.1. The number of ether oxygens (including phenoxy) is 2. The van der Waals surface area contributed by atoms with E-state index in [4.69, 9.17) is 18.4 Å². The van der Waals surface area contributed by atoms with Gasteiger partial charge in [0.1, 0.15) is 23.7 Å². The zero-order valence-electron chi connectivity index (χ0n) is 34.3. The molecule has 2 aromatic carbocycles. The highest BCUT2D eigenvalue weighted by atomic mass is 31.2. The Labute approximate surface area is 355 Å². The first-order valence-corrected chi connectivity index (χ1v) is 21.6. The van der Waals surface area contributed by atoms with Gasteiger partial charge in [-0.05, 0) is 48.7 Å². The number of rotatable bonds is 17. The molecular weight excluding hydrogens is 827 g/mol. The summed E-state index contributed by atoms with van der Waals surface area (Å²) in [5.74, 6) is -1.42. The lowest BCUT2D eigenvalue weighted by Crippen LogP contribution is -2.33. The lowest BCUT2D eigenvalue weighted by atomic mass is 9.91. The number of hydrogen-bond acceptors (Lipinski definition) is 12. The van der Waals surface area contributed by atoms with Gasteiger partial charge in [0.15, 0.2) is 5.43 Å². The molecule has 1 saturated heterocycles.